The van der Waals surface area contributed by atoms with E-state index in [1.165, 1.54) is 0 Å². The van der Waals surface area contributed by atoms with Gasteiger partial charge in [0.05, 0.1) is 25.8 Å². The fourth-order valence-corrected chi connectivity index (χ4v) is 2.27. The molecule has 1 N–H and O–H groups in total. The molecule has 0 fully saturated rings. The number of hydrogen-bond donors (Lipinski definition) is 1. The van der Waals surface area contributed by atoms with E-state index in [2.05, 4.69) is 35.1 Å². The van der Waals surface area contributed by atoms with Gasteiger partial charge < -0.3 is 14.8 Å². The molecule has 0 aliphatic heterocycles. The van der Waals surface area contributed by atoms with Crippen molar-refractivity contribution < 1.29 is 14.3 Å². The molecule has 20 heavy (non-hydrogen) atoms. The fourth-order valence-electron chi connectivity index (χ4n) is 1.72. The molecule has 0 saturated carbocycles. The van der Waals surface area contributed by atoms with Crippen LogP contribution in [0.4, 0.5) is 5.69 Å². The standard InChI is InChI=1S/C15H22BrNO3/c1-10(2)9-20-6-5-14(18)17-15-11(3)7-12(16)8-13(15)19-4/h7-8,10H,5-6,9H2,1-4H3,(H,17,18). The minimum absolute atomic E-state index is 0.0718. The second-order valence-electron chi connectivity index (χ2n) is 5.07. The van der Waals surface area contributed by atoms with E-state index < -0.39 is 0 Å². The van der Waals surface area contributed by atoms with Gasteiger partial charge in [0.15, 0.2) is 0 Å². The van der Waals surface area contributed by atoms with Crippen molar-refractivity contribution in [1.29, 1.82) is 0 Å². The number of anilines is 1. The van der Waals surface area contributed by atoms with Crippen LogP contribution in [0, 0.1) is 12.8 Å². The van der Waals surface area contributed by atoms with Gasteiger partial charge >= 0.3 is 0 Å². The molecule has 0 unspecified atom stereocenters. The van der Waals surface area contributed by atoms with Crippen LogP contribution in [0.1, 0.15) is 25.8 Å². The Bertz CT molecular complexity index is 461. The summed E-state index contributed by atoms with van der Waals surface area (Å²) < 4.78 is 11.6. The van der Waals surface area contributed by atoms with Crippen molar-refractivity contribution in [3.63, 3.8) is 0 Å². The van der Waals surface area contributed by atoms with E-state index in [1.54, 1.807) is 7.11 Å². The Hall–Kier alpha value is -1.07. The zero-order valence-electron chi connectivity index (χ0n) is 12.5. The summed E-state index contributed by atoms with van der Waals surface area (Å²) >= 11 is 3.41. The average Bonchev–Trinajstić information content (AvgIpc) is 2.37. The average molecular weight is 344 g/mol. The normalized spacial score (nSPS) is 10.7. The third kappa shape index (κ3) is 5.51. The number of hydrogen-bond acceptors (Lipinski definition) is 3. The zero-order chi connectivity index (χ0) is 15.1. The van der Waals surface area contributed by atoms with Gasteiger partial charge in [-0.2, -0.15) is 0 Å². The van der Waals surface area contributed by atoms with Crippen molar-refractivity contribution in [2.24, 2.45) is 5.92 Å². The SMILES string of the molecule is COc1cc(Br)cc(C)c1NC(=O)CCOCC(C)C. The van der Waals surface area contributed by atoms with Crippen molar-refractivity contribution in [2.75, 3.05) is 25.6 Å². The first-order valence-electron chi connectivity index (χ1n) is 6.65. The first-order chi connectivity index (χ1) is 9.43. The number of amides is 1. The highest BCUT2D eigenvalue weighted by molar-refractivity contribution is 9.10. The van der Waals surface area contributed by atoms with E-state index in [-0.39, 0.29) is 5.91 Å². The molecule has 0 saturated heterocycles. The number of carbonyl (C=O) groups excluding carboxylic acids is 1. The molecule has 0 aliphatic rings. The summed E-state index contributed by atoms with van der Waals surface area (Å²) in [5, 5.41) is 2.88. The summed E-state index contributed by atoms with van der Waals surface area (Å²) in [5.41, 5.74) is 1.66. The van der Waals surface area contributed by atoms with Crippen molar-refractivity contribution in [1.82, 2.24) is 0 Å². The van der Waals surface area contributed by atoms with Crippen molar-refractivity contribution in [3.05, 3.63) is 22.2 Å². The predicted molar refractivity (Wildman–Crippen MR) is 84.3 cm³/mol. The first-order valence-corrected chi connectivity index (χ1v) is 7.45. The number of carbonyl (C=O) groups is 1. The lowest BCUT2D eigenvalue weighted by Crippen LogP contribution is -2.16. The Morgan fingerprint density at radius 2 is 2.10 bits per heavy atom. The Morgan fingerprint density at radius 1 is 1.40 bits per heavy atom. The summed E-state index contributed by atoms with van der Waals surface area (Å²) in [5.74, 6) is 1.05. The Morgan fingerprint density at radius 3 is 2.70 bits per heavy atom. The second-order valence-corrected chi connectivity index (χ2v) is 5.98. The zero-order valence-corrected chi connectivity index (χ0v) is 14.0. The topological polar surface area (TPSA) is 47.6 Å². The first kappa shape index (κ1) is 17.0. The smallest absolute Gasteiger partial charge is 0.226 e. The van der Waals surface area contributed by atoms with Crippen LogP contribution in [0.3, 0.4) is 0 Å². The molecule has 0 bridgehead atoms. The van der Waals surface area contributed by atoms with Gasteiger partial charge in [0.1, 0.15) is 5.75 Å². The van der Waals surface area contributed by atoms with E-state index in [0.29, 0.717) is 37.0 Å². The van der Waals surface area contributed by atoms with E-state index in [9.17, 15) is 4.79 Å². The molecule has 0 aromatic heterocycles. The Balaban J connectivity index is 2.57. The van der Waals surface area contributed by atoms with Crippen LogP contribution in [0.5, 0.6) is 5.75 Å². The van der Waals surface area contributed by atoms with Gasteiger partial charge in [-0.3, -0.25) is 4.79 Å². The number of benzene rings is 1. The highest BCUT2D eigenvalue weighted by Crippen LogP contribution is 2.32. The van der Waals surface area contributed by atoms with Crippen LogP contribution < -0.4 is 10.1 Å². The molecule has 0 atom stereocenters. The van der Waals surface area contributed by atoms with Gasteiger partial charge in [-0.05, 0) is 30.5 Å². The molecule has 1 rings (SSSR count). The molecule has 1 aromatic rings. The Kier molecular flexibility index (Phi) is 7.02. The van der Waals surface area contributed by atoms with Gasteiger partial charge in [0.25, 0.3) is 0 Å². The van der Waals surface area contributed by atoms with E-state index in [1.807, 2.05) is 19.1 Å². The summed E-state index contributed by atoms with van der Waals surface area (Å²) in [7, 11) is 1.59. The monoisotopic (exact) mass is 343 g/mol. The largest absolute Gasteiger partial charge is 0.495 e. The Labute approximate surface area is 129 Å². The molecular weight excluding hydrogens is 322 g/mol. The summed E-state index contributed by atoms with van der Waals surface area (Å²) in [6.45, 7) is 7.19. The van der Waals surface area contributed by atoms with Gasteiger partial charge in [-0.25, -0.2) is 0 Å². The quantitative estimate of drug-likeness (QED) is 0.766. The maximum Gasteiger partial charge on any atom is 0.226 e. The van der Waals surface area contributed by atoms with Crippen LogP contribution >= 0.6 is 15.9 Å². The van der Waals surface area contributed by atoms with Gasteiger partial charge in [-0.15, -0.1) is 0 Å². The van der Waals surface area contributed by atoms with Crippen LogP contribution in [0.15, 0.2) is 16.6 Å². The summed E-state index contributed by atoms with van der Waals surface area (Å²) in [6, 6.07) is 3.77. The number of rotatable bonds is 7. The van der Waals surface area contributed by atoms with Crippen molar-refractivity contribution in [2.45, 2.75) is 27.2 Å². The lowest BCUT2D eigenvalue weighted by Gasteiger charge is -2.14. The number of ether oxygens (including phenoxy) is 2. The fraction of sp³-hybridized carbons (Fsp3) is 0.533. The predicted octanol–water partition coefficient (Wildman–Crippen LogP) is 3.77. The van der Waals surface area contributed by atoms with Gasteiger partial charge in [0.2, 0.25) is 5.91 Å². The maximum atomic E-state index is 11.9. The molecule has 112 valence electrons. The summed E-state index contributed by atoms with van der Waals surface area (Å²) in [6.07, 6.45) is 0.339. The van der Waals surface area contributed by atoms with E-state index >= 15 is 0 Å². The van der Waals surface area contributed by atoms with Crippen molar-refractivity contribution >= 4 is 27.5 Å². The lowest BCUT2D eigenvalue weighted by atomic mass is 10.2. The number of halogens is 1. The van der Waals surface area contributed by atoms with Gasteiger partial charge in [-0.1, -0.05) is 29.8 Å². The third-order valence-corrected chi connectivity index (χ3v) is 3.13. The second kappa shape index (κ2) is 8.27. The van der Waals surface area contributed by atoms with Crippen LogP contribution in [0.25, 0.3) is 0 Å². The van der Waals surface area contributed by atoms with Gasteiger partial charge in [0, 0.05) is 11.1 Å². The molecule has 5 heteroatoms. The van der Waals surface area contributed by atoms with Crippen LogP contribution in [-0.4, -0.2) is 26.2 Å². The molecule has 1 aromatic carbocycles. The molecule has 0 radical (unpaired) electrons. The third-order valence-electron chi connectivity index (χ3n) is 2.67. The van der Waals surface area contributed by atoms with E-state index in [0.717, 1.165) is 10.0 Å². The number of methoxy groups -OCH3 is 1. The molecule has 4 nitrogen and oxygen atoms in total. The molecule has 0 heterocycles. The molecule has 0 spiro atoms. The minimum Gasteiger partial charge on any atom is -0.495 e. The number of aryl methyl sites for hydroxylation is 1. The molecular formula is C15H22BrNO3. The lowest BCUT2D eigenvalue weighted by molar-refractivity contribution is -0.117. The van der Waals surface area contributed by atoms with E-state index in [4.69, 9.17) is 9.47 Å². The van der Waals surface area contributed by atoms with Crippen LogP contribution in [0.2, 0.25) is 0 Å². The highest BCUT2D eigenvalue weighted by Gasteiger charge is 2.11. The van der Waals surface area contributed by atoms with Crippen LogP contribution in [-0.2, 0) is 9.53 Å². The minimum atomic E-state index is -0.0718. The molecule has 1 amide bonds. The number of nitrogens with one attached hydrogen (secondary N) is 1. The highest BCUT2D eigenvalue weighted by atomic mass is 79.9. The van der Waals surface area contributed by atoms with Crippen molar-refractivity contribution in [3.8, 4) is 5.75 Å². The summed E-state index contributed by atoms with van der Waals surface area (Å²) in [4.78, 5) is 11.9. The maximum absolute atomic E-state index is 11.9. The molecule has 0 aliphatic carbocycles.